The summed E-state index contributed by atoms with van der Waals surface area (Å²) in [4.78, 5) is 8.54. The second-order valence-electron chi connectivity index (χ2n) is 3.09. The lowest BCUT2D eigenvalue weighted by atomic mass is 10.3. The van der Waals surface area contributed by atoms with E-state index in [-0.39, 0.29) is 0 Å². The molecule has 15 heavy (non-hydrogen) atoms. The lowest BCUT2D eigenvalue weighted by Gasteiger charge is -2.03. The Morgan fingerprint density at radius 3 is 2.67 bits per heavy atom. The van der Waals surface area contributed by atoms with E-state index in [1.165, 1.54) is 3.70 Å². The Balaban J connectivity index is 2.02. The van der Waals surface area contributed by atoms with Gasteiger partial charge in [0.25, 0.3) is 0 Å². The van der Waals surface area contributed by atoms with Crippen molar-refractivity contribution < 1.29 is 0 Å². The summed E-state index contributed by atoms with van der Waals surface area (Å²) in [6.07, 6.45) is 4.66. The fourth-order valence-electron chi connectivity index (χ4n) is 1.28. The van der Waals surface area contributed by atoms with Crippen LogP contribution in [0, 0.1) is 7.40 Å². The minimum absolute atomic E-state index is 0.936. The highest BCUT2D eigenvalue weighted by atomic mass is 127. The Bertz CT molecular complexity index is 439. The highest BCUT2D eigenvalue weighted by molar-refractivity contribution is 14.1. The zero-order valence-electron chi connectivity index (χ0n) is 7.90. The van der Waals surface area contributed by atoms with E-state index in [1.807, 2.05) is 24.7 Å². The number of halogens is 2. The molecule has 0 amide bonds. The molecule has 0 N–H and O–H groups in total. The number of aryl methyl sites for hydroxylation is 2. The number of rotatable bonds is 3. The third-order valence-corrected chi connectivity index (χ3v) is 5.02. The molecule has 0 spiro atoms. The topological polar surface area (TPSA) is 30.7 Å². The molecule has 2 aromatic heterocycles. The predicted octanol–water partition coefficient (Wildman–Crippen LogP) is 2.73. The molecular formula is C10H9I2N3. The minimum atomic E-state index is 0.936. The highest BCUT2D eigenvalue weighted by Gasteiger charge is 2.04. The molecule has 5 heteroatoms. The molecule has 2 rings (SSSR count). The smallest absolute Gasteiger partial charge is 0.132 e. The second kappa shape index (κ2) is 5.24. The molecule has 0 radical (unpaired) electrons. The number of aromatic nitrogens is 3. The van der Waals surface area contributed by atoms with Gasteiger partial charge in [-0.3, -0.25) is 4.98 Å². The Morgan fingerprint density at radius 2 is 2.07 bits per heavy atom. The Labute approximate surface area is 116 Å². The molecule has 0 fully saturated rings. The minimum Gasteiger partial charge on any atom is -0.325 e. The molecule has 2 heterocycles. The van der Waals surface area contributed by atoms with Crippen LogP contribution in [0.5, 0.6) is 0 Å². The molecule has 78 valence electrons. The van der Waals surface area contributed by atoms with Gasteiger partial charge in [-0.05, 0) is 57.3 Å². The van der Waals surface area contributed by atoms with Crippen LogP contribution in [0.2, 0.25) is 0 Å². The molecular weight excluding hydrogens is 416 g/mol. The fraction of sp³-hybridized carbons (Fsp3) is 0.200. The van der Waals surface area contributed by atoms with E-state index in [2.05, 4.69) is 65.8 Å². The van der Waals surface area contributed by atoms with Gasteiger partial charge in [0, 0.05) is 24.9 Å². The van der Waals surface area contributed by atoms with Crippen LogP contribution in [-0.4, -0.2) is 14.5 Å². The van der Waals surface area contributed by atoms with E-state index in [9.17, 15) is 0 Å². The first-order valence-corrected chi connectivity index (χ1v) is 6.69. The van der Waals surface area contributed by atoms with Gasteiger partial charge < -0.3 is 4.57 Å². The number of imidazole rings is 1. The third-order valence-electron chi connectivity index (χ3n) is 2.07. The van der Waals surface area contributed by atoms with E-state index in [0.717, 1.165) is 22.4 Å². The summed E-state index contributed by atoms with van der Waals surface area (Å²) in [5.41, 5.74) is 1.12. The molecule has 0 aliphatic rings. The summed E-state index contributed by atoms with van der Waals surface area (Å²) in [7, 11) is 0. The van der Waals surface area contributed by atoms with Crippen LogP contribution < -0.4 is 0 Å². The largest absolute Gasteiger partial charge is 0.325 e. The first-order valence-electron chi connectivity index (χ1n) is 4.53. The Hall–Kier alpha value is -0.180. The standard InChI is InChI=1S/C10H9I2N3/c11-9-10(12)15(7-14-9)6-4-8-3-1-2-5-13-8/h1-3,5,7H,4,6H2. The Kier molecular flexibility index (Phi) is 3.95. The number of hydrogen-bond donors (Lipinski definition) is 0. The zero-order chi connectivity index (χ0) is 10.7. The lowest BCUT2D eigenvalue weighted by Crippen LogP contribution is -2.03. The van der Waals surface area contributed by atoms with Gasteiger partial charge in [0.2, 0.25) is 0 Å². The van der Waals surface area contributed by atoms with Crippen molar-refractivity contribution in [3.05, 3.63) is 43.8 Å². The molecule has 0 saturated carbocycles. The van der Waals surface area contributed by atoms with Gasteiger partial charge in [0.15, 0.2) is 0 Å². The van der Waals surface area contributed by atoms with Crippen molar-refractivity contribution in [2.45, 2.75) is 13.0 Å². The molecule has 2 aromatic rings. The van der Waals surface area contributed by atoms with Crippen molar-refractivity contribution in [2.75, 3.05) is 0 Å². The Morgan fingerprint density at radius 1 is 1.20 bits per heavy atom. The molecule has 0 saturated heterocycles. The van der Waals surface area contributed by atoms with E-state index in [0.29, 0.717) is 0 Å². The molecule has 0 atom stereocenters. The summed E-state index contributed by atoms with van der Waals surface area (Å²) in [6, 6.07) is 6.01. The van der Waals surface area contributed by atoms with Crippen LogP contribution in [0.3, 0.4) is 0 Å². The zero-order valence-corrected chi connectivity index (χ0v) is 12.2. The van der Waals surface area contributed by atoms with Crippen LogP contribution >= 0.6 is 45.2 Å². The van der Waals surface area contributed by atoms with Crippen LogP contribution in [0.1, 0.15) is 5.69 Å². The summed E-state index contributed by atoms with van der Waals surface area (Å²) in [5, 5.41) is 0. The molecule has 3 nitrogen and oxygen atoms in total. The summed E-state index contributed by atoms with van der Waals surface area (Å²) >= 11 is 4.56. The molecule has 0 aliphatic carbocycles. The molecule has 0 aromatic carbocycles. The van der Waals surface area contributed by atoms with E-state index in [4.69, 9.17) is 0 Å². The number of nitrogens with zero attached hydrogens (tertiary/aromatic N) is 3. The highest BCUT2D eigenvalue weighted by Crippen LogP contribution is 2.13. The maximum atomic E-state index is 4.29. The monoisotopic (exact) mass is 425 g/mol. The number of hydrogen-bond acceptors (Lipinski definition) is 2. The van der Waals surface area contributed by atoms with Crippen LogP contribution in [0.4, 0.5) is 0 Å². The van der Waals surface area contributed by atoms with Gasteiger partial charge in [-0.25, -0.2) is 4.98 Å². The first kappa shape index (κ1) is 11.3. The average Bonchev–Trinajstić information content (AvgIpc) is 2.59. The van der Waals surface area contributed by atoms with Crippen LogP contribution in [0.25, 0.3) is 0 Å². The van der Waals surface area contributed by atoms with Gasteiger partial charge >= 0.3 is 0 Å². The summed E-state index contributed by atoms with van der Waals surface area (Å²) in [5.74, 6) is 0. The van der Waals surface area contributed by atoms with Crippen LogP contribution in [0.15, 0.2) is 30.7 Å². The quantitative estimate of drug-likeness (QED) is 0.709. The maximum absolute atomic E-state index is 4.29. The third kappa shape index (κ3) is 2.90. The van der Waals surface area contributed by atoms with Crippen LogP contribution in [-0.2, 0) is 13.0 Å². The van der Waals surface area contributed by atoms with Crippen molar-refractivity contribution in [2.24, 2.45) is 0 Å². The SMILES string of the molecule is Ic1ncn(CCc2ccccn2)c1I. The molecule has 0 unspecified atom stereocenters. The van der Waals surface area contributed by atoms with Gasteiger partial charge in [-0.2, -0.15) is 0 Å². The van der Waals surface area contributed by atoms with E-state index < -0.39 is 0 Å². The van der Waals surface area contributed by atoms with E-state index in [1.54, 1.807) is 0 Å². The van der Waals surface area contributed by atoms with Gasteiger partial charge in [0.1, 0.15) is 7.40 Å². The van der Waals surface area contributed by atoms with Gasteiger partial charge in [-0.15, -0.1) is 0 Å². The van der Waals surface area contributed by atoms with Crippen molar-refractivity contribution in [1.82, 2.24) is 14.5 Å². The van der Waals surface area contributed by atoms with Crippen molar-refractivity contribution in [1.29, 1.82) is 0 Å². The van der Waals surface area contributed by atoms with E-state index >= 15 is 0 Å². The molecule has 0 bridgehead atoms. The van der Waals surface area contributed by atoms with Gasteiger partial charge in [-0.1, -0.05) is 6.07 Å². The van der Waals surface area contributed by atoms with Crippen molar-refractivity contribution >= 4 is 45.2 Å². The number of pyridine rings is 1. The normalized spacial score (nSPS) is 10.5. The van der Waals surface area contributed by atoms with Crippen molar-refractivity contribution in [3.8, 4) is 0 Å². The fourth-order valence-corrected chi connectivity index (χ4v) is 2.22. The summed E-state index contributed by atoms with van der Waals surface area (Å²) < 4.78 is 4.41. The first-order chi connectivity index (χ1) is 7.27. The molecule has 0 aliphatic heterocycles. The van der Waals surface area contributed by atoms with Crippen molar-refractivity contribution in [3.63, 3.8) is 0 Å². The lowest BCUT2D eigenvalue weighted by molar-refractivity contribution is 0.671. The average molecular weight is 425 g/mol. The maximum Gasteiger partial charge on any atom is 0.132 e. The predicted molar refractivity (Wildman–Crippen MR) is 75.6 cm³/mol. The summed E-state index contributed by atoms with van der Waals surface area (Å²) in [6.45, 7) is 0.936. The van der Waals surface area contributed by atoms with Gasteiger partial charge in [0.05, 0.1) is 6.33 Å². The second-order valence-corrected chi connectivity index (χ2v) is 5.13.